The van der Waals surface area contributed by atoms with Crippen molar-refractivity contribution in [1.82, 2.24) is 30.2 Å². The van der Waals surface area contributed by atoms with Gasteiger partial charge in [0.25, 0.3) is 0 Å². The molecule has 0 fully saturated rings. The van der Waals surface area contributed by atoms with Crippen molar-refractivity contribution in [3.05, 3.63) is 108 Å². The van der Waals surface area contributed by atoms with Crippen molar-refractivity contribution in [2.75, 3.05) is 17.7 Å². The van der Waals surface area contributed by atoms with Gasteiger partial charge in [-0.15, -0.1) is 0 Å². The van der Waals surface area contributed by atoms with E-state index in [1.165, 1.54) is 43.8 Å². The van der Waals surface area contributed by atoms with E-state index in [0.29, 0.717) is 17.1 Å². The number of ether oxygens (including phenoxy) is 1. The fourth-order valence-electron chi connectivity index (χ4n) is 4.80. The minimum atomic E-state index is -1.12. The molecule has 20 heteroatoms. The van der Waals surface area contributed by atoms with E-state index in [-0.39, 0.29) is 101 Å². The number of carboxylic acid groups (broad SMARTS) is 1. The number of pyridine rings is 2. The number of para-hydroxylation sites is 2. The van der Waals surface area contributed by atoms with E-state index in [2.05, 4.69) is 40.9 Å². The molecule has 0 radical (unpaired) electrons. The van der Waals surface area contributed by atoms with Crippen LogP contribution in [0.15, 0.2) is 94.2 Å². The van der Waals surface area contributed by atoms with Crippen LogP contribution in [0.5, 0.6) is 11.5 Å². The van der Waals surface area contributed by atoms with Gasteiger partial charge in [0.2, 0.25) is 35.2 Å². The number of amides is 2. The van der Waals surface area contributed by atoms with Crippen molar-refractivity contribution in [2.45, 2.75) is 26.7 Å². The zero-order valence-electron chi connectivity index (χ0n) is 31.0. The van der Waals surface area contributed by atoms with Crippen LogP contribution in [0.3, 0.4) is 0 Å². The molecule has 4 aromatic heterocycles. The minimum absolute atomic E-state index is 0. The summed E-state index contributed by atoms with van der Waals surface area (Å²) < 4.78 is 15.0. The topological polar surface area (TPSA) is 296 Å². The van der Waals surface area contributed by atoms with Crippen LogP contribution in [0.4, 0.5) is 11.4 Å². The van der Waals surface area contributed by atoms with Crippen molar-refractivity contribution in [3.63, 3.8) is 0 Å². The third-order valence-corrected chi connectivity index (χ3v) is 7.75. The van der Waals surface area contributed by atoms with Crippen molar-refractivity contribution in [2.24, 2.45) is 11.8 Å². The first-order valence-electron chi connectivity index (χ1n) is 16.5. The number of hydrogen-bond donors (Lipinski definition) is 5. The number of rotatable bonds is 12. The average Bonchev–Trinajstić information content (AvgIpc) is 3.85. The molecule has 2 amide bonds. The number of esters is 1. The fourth-order valence-corrected chi connectivity index (χ4v) is 4.80. The van der Waals surface area contributed by atoms with Gasteiger partial charge < -0.3 is 45.2 Å². The van der Waals surface area contributed by atoms with E-state index >= 15 is 0 Å². The zero-order chi connectivity index (χ0) is 39.5. The molecular formula is C37H35LiN8O11. The Balaban J connectivity index is 0.000000295. The summed E-state index contributed by atoms with van der Waals surface area (Å²) in [6, 6.07) is 18.8. The van der Waals surface area contributed by atoms with Gasteiger partial charge in [0.15, 0.2) is 0 Å². The molecule has 2 atom stereocenters. The summed E-state index contributed by atoms with van der Waals surface area (Å²) in [7, 11) is 1.28. The van der Waals surface area contributed by atoms with E-state index in [1.54, 1.807) is 62.4 Å². The van der Waals surface area contributed by atoms with Crippen LogP contribution in [-0.2, 0) is 27.2 Å². The normalized spacial score (nSPS) is 11.3. The molecule has 0 saturated carbocycles. The SMILES string of the molecule is CC(Cc1nc(-c2ccc(O)cn2)no1)C(=O)Nc1ccccc1C(=O)O.COC(=O)c1ccccc1NC(=O)C(C)Cc1nc(-c2ccc(O)cn2)no1.[Li+].[OH-]. The molecule has 6 N–H and O–H groups in total. The summed E-state index contributed by atoms with van der Waals surface area (Å²) in [5.74, 6) is -2.28. The van der Waals surface area contributed by atoms with Gasteiger partial charge in [-0.2, -0.15) is 9.97 Å². The van der Waals surface area contributed by atoms with Crippen LogP contribution in [0.25, 0.3) is 23.0 Å². The van der Waals surface area contributed by atoms with Gasteiger partial charge in [0, 0.05) is 24.7 Å². The maximum absolute atomic E-state index is 12.5. The van der Waals surface area contributed by atoms with Crippen molar-refractivity contribution < 1.29 is 72.6 Å². The summed E-state index contributed by atoms with van der Waals surface area (Å²) in [6.07, 6.45) is 2.92. The first kappa shape index (κ1) is 44.5. The Morgan fingerprint density at radius 3 is 1.51 bits per heavy atom. The Bertz CT molecular complexity index is 2280. The number of nitrogens with one attached hydrogen (secondary N) is 2. The molecule has 290 valence electrons. The Kier molecular flexibility index (Phi) is 16.1. The molecule has 0 spiro atoms. The second-order valence-electron chi connectivity index (χ2n) is 11.9. The first-order chi connectivity index (χ1) is 26.4. The smallest absolute Gasteiger partial charge is 0.870 e. The molecule has 4 heterocycles. The standard InChI is InChI=1S/C19H18N4O5.C18H16N4O5.Li.H2O/c1-11(18(25)21-14-6-4-3-5-13(14)19(26)27-2)9-16-22-17(23-28-16)15-8-7-12(24)10-20-15;1-10(17(24)20-13-5-3-2-4-12(13)18(25)26)8-15-21-16(22-27-15)14-7-6-11(23)9-19-14;;/h3-8,10-11,24H,9H2,1-2H3,(H,21,25);2-7,9-10,23H,8H2,1H3,(H,20,24)(H,25,26);;1H2/q;;+1;/p-1. The quantitative estimate of drug-likeness (QED) is 0.0871. The molecule has 0 saturated heterocycles. The van der Waals surface area contributed by atoms with Gasteiger partial charge in [-0.05, 0) is 48.5 Å². The zero-order valence-corrected chi connectivity index (χ0v) is 31.0. The van der Waals surface area contributed by atoms with E-state index in [1.807, 2.05) is 0 Å². The Hall–Kier alpha value is -6.94. The van der Waals surface area contributed by atoms with Crippen LogP contribution in [-0.4, -0.2) is 81.9 Å². The van der Waals surface area contributed by atoms with Crippen molar-refractivity contribution in [1.29, 1.82) is 0 Å². The number of carboxylic acids is 1. The molecule has 0 bridgehead atoms. The minimum Gasteiger partial charge on any atom is -0.870 e. The summed E-state index contributed by atoms with van der Waals surface area (Å²) in [6.45, 7) is 3.38. The summed E-state index contributed by atoms with van der Waals surface area (Å²) >= 11 is 0. The van der Waals surface area contributed by atoms with Gasteiger partial charge in [-0.1, -0.05) is 48.4 Å². The number of carbonyl (C=O) groups excluding carboxylic acids is 3. The first-order valence-corrected chi connectivity index (χ1v) is 16.5. The molecule has 6 aromatic rings. The van der Waals surface area contributed by atoms with Crippen molar-refractivity contribution in [3.8, 4) is 34.5 Å². The number of carbonyl (C=O) groups is 4. The Morgan fingerprint density at radius 2 is 1.11 bits per heavy atom. The molecule has 0 aliphatic carbocycles. The number of methoxy groups -OCH3 is 1. The molecule has 0 aliphatic heterocycles. The van der Waals surface area contributed by atoms with Crippen LogP contribution >= 0.6 is 0 Å². The molecular weight excluding hydrogens is 739 g/mol. The predicted molar refractivity (Wildman–Crippen MR) is 195 cm³/mol. The second kappa shape index (κ2) is 20.7. The number of aromatic nitrogens is 6. The summed E-state index contributed by atoms with van der Waals surface area (Å²) in [5, 5.41) is 40.7. The van der Waals surface area contributed by atoms with Crippen LogP contribution in [0.1, 0.15) is 46.3 Å². The number of aromatic hydroxyl groups is 2. The molecule has 19 nitrogen and oxygen atoms in total. The van der Waals surface area contributed by atoms with Gasteiger partial charge in [0.05, 0.1) is 42.0 Å². The van der Waals surface area contributed by atoms with Crippen LogP contribution in [0.2, 0.25) is 0 Å². The number of anilines is 2. The number of benzene rings is 2. The number of hydrogen-bond acceptors (Lipinski definition) is 16. The van der Waals surface area contributed by atoms with Crippen LogP contribution in [0, 0.1) is 11.8 Å². The van der Waals surface area contributed by atoms with Gasteiger partial charge in [0.1, 0.15) is 22.9 Å². The van der Waals surface area contributed by atoms with E-state index < -0.39 is 23.8 Å². The van der Waals surface area contributed by atoms with E-state index in [9.17, 15) is 34.5 Å². The molecule has 2 aromatic carbocycles. The average molecular weight is 775 g/mol. The molecule has 6 rings (SSSR count). The van der Waals surface area contributed by atoms with Gasteiger partial charge in [-0.25, -0.2) is 19.6 Å². The van der Waals surface area contributed by atoms with Crippen molar-refractivity contribution >= 4 is 35.1 Å². The molecule has 57 heavy (non-hydrogen) atoms. The van der Waals surface area contributed by atoms with E-state index in [0.717, 1.165) is 0 Å². The Labute approximate surface area is 336 Å². The molecule has 2 unspecified atom stereocenters. The molecule has 0 aliphatic rings. The maximum Gasteiger partial charge on any atom is 1.00 e. The van der Waals surface area contributed by atoms with Gasteiger partial charge >= 0.3 is 30.8 Å². The third-order valence-electron chi connectivity index (χ3n) is 7.75. The maximum atomic E-state index is 12.5. The fraction of sp³-hybridized carbons (Fsp3) is 0.189. The second-order valence-corrected chi connectivity index (χ2v) is 11.9. The Morgan fingerprint density at radius 1 is 0.684 bits per heavy atom. The number of nitrogens with zero attached hydrogens (tertiary/aromatic N) is 6. The van der Waals surface area contributed by atoms with Gasteiger partial charge in [-0.3, -0.25) is 9.59 Å². The third kappa shape index (κ3) is 12.0. The summed E-state index contributed by atoms with van der Waals surface area (Å²) in [5.41, 5.74) is 1.74. The van der Waals surface area contributed by atoms with E-state index in [4.69, 9.17) is 13.8 Å². The van der Waals surface area contributed by atoms with Crippen LogP contribution < -0.4 is 29.5 Å². The monoisotopic (exact) mass is 774 g/mol. The number of aromatic carboxylic acids is 1. The largest absolute Gasteiger partial charge is 1.00 e. The summed E-state index contributed by atoms with van der Waals surface area (Å²) in [4.78, 5) is 64.3. The predicted octanol–water partition coefficient (Wildman–Crippen LogP) is 1.62.